The number of hydrogen-bond donors (Lipinski definition) is 0. The van der Waals surface area contributed by atoms with Crippen LogP contribution in [0.25, 0.3) is 11.1 Å². The Morgan fingerprint density at radius 1 is 1.16 bits per heavy atom. The van der Waals surface area contributed by atoms with E-state index >= 15 is 0 Å². The average molecular weight is 357 g/mol. The minimum absolute atomic E-state index is 0.0664. The highest BCUT2D eigenvalue weighted by Crippen LogP contribution is 2.27. The minimum Gasteiger partial charge on any atom is -0.466 e. The fourth-order valence-electron chi connectivity index (χ4n) is 3.18. The quantitative estimate of drug-likeness (QED) is 0.770. The van der Waals surface area contributed by atoms with Crippen LogP contribution in [0.15, 0.2) is 41.8 Å². The largest absolute Gasteiger partial charge is 0.466 e. The number of esters is 1. The summed E-state index contributed by atoms with van der Waals surface area (Å²) in [6, 6.07) is 12.0. The number of carbonyl (C=O) groups is 2. The predicted molar refractivity (Wildman–Crippen MR) is 99.6 cm³/mol. The molecule has 1 atom stereocenters. The summed E-state index contributed by atoms with van der Waals surface area (Å²) in [5.41, 5.74) is 2.20. The van der Waals surface area contributed by atoms with Crippen molar-refractivity contribution in [2.45, 2.75) is 26.2 Å². The third-order valence-corrected chi connectivity index (χ3v) is 5.47. The van der Waals surface area contributed by atoms with Gasteiger partial charge in [0.2, 0.25) is 0 Å². The Morgan fingerprint density at radius 2 is 1.96 bits per heavy atom. The second kappa shape index (κ2) is 8.30. The van der Waals surface area contributed by atoms with Gasteiger partial charge in [0.15, 0.2) is 0 Å². The maximum absolute atomic E-state index is 12.8. The van der Waals surface area contributed by atoms with E-state index in [9.17, 15) is 9.59 Å². The van der Waals surface area contributed by atoms with Crippen molar-refractivity contribution in [3.05, 3.63) is 46.7 Å². The molecule has 1 fully saturated rings. The number of amides is 1. The van der Waals surface area contributed by atoms with Crippen molar-refractivity contribution in [1.82, 2.24) is 4.90 Å². The first-order valence-electron chi connectivity index (χ1n) is 8.79. The Balaban J connectivity index is 1.65. The van der Waals surface area contributed by atoms with Gasteiger partial charge in [-0.05, 0) is 48.8 Å². The van der Waals surface area contributed by atoms with Crippen LogP contribution in [-0.2, 0) is 9.53 Å². The van der Waals surface area contributed by atoms with Crippen LogP contribution in [0.4, 0.5) is 0 Å². The van der Waals surface area contributed by atoms with Crippen molar-refractivity contribution in [3.63, 3.8) is 0 Å². The number of carbonyl (C=O) groups excluding carboxylic acids is 2. The Kier molecular flexibility index (Phi) is 5.87. The maximum atomic E-state index is 12.8. The van der Waals surface area contributed by atoms with Crippen LogP contribution >= 0.6 is 11.3 Å². The monoisotopic (exact) mass is 357 g/mol. The highest BCUT2D eigenvalue weighted by molar-refractivity contribution is 7.12. The number of rotatable bonds is 4. The lowest BCUT2D eigenvalue weighted by molar-refractivity contribution is -0.148. The SMILES string of the molecule is CCOC(=O)C1CCCN(C(=O)c2cc(-c3ccccc3)cs2)CC1. The van der Waals surface area contributed by atoms with Gasteiger partial charge in [0.25, 0.3) is 5.91 Å². The zero-order chi connectivity index (χ0) is 17.6. The van der Waals surface area contributed by atoms with Crippen LogP contribution in [0.3, 0.4) is 0 Å². The molecule has 132 valence electrons. The molecule has 1 amide bonds. The second-order valence-corrected chi connectivity index (χ2v) is 7.15. The number of ether oxygens (including phenoxy) is 1. The molecule has 1 aliphatic heterocycles. The molecule has 25 heavy (non-hydrogen) atoms. The minimum atomic E-state index is -0.126. The fourth-order valence-corrected chi connectivity index (χ4v) is 4.06. The summed E-state index contributed by atoms with van der Waals surface area (Å²) in [6.07, 6.45) is 2.32. The van der Waals surface area contributed by atoms with E-state index in [0.29, 0.717) is 26.1 Å². The highest BCUT2D eigenvalue weighted by atomic mass is 32.1. The summed E-state index contributed by atoms with van der Waals surface area (Å²) in [5.74, 6) is -0.142. The van der Waals surface area contributed by atoms with Gasteiger partial charge < -0.3 is 9.64 Å². The third-order valence-electron chi connectivity index (χ3n) is 4.55. The van der Waals surface area contributed by atoms with E-state index in [4.69, 9.17) is 4.74 Å². The lowest BCUT2D eigenvalue weighted by atomic mass is 10.0. The van der Waals surface area contributed by atoms with Gasteiger partial charge in [0.1, 0.15) is 0 Å². The topological polar surface area (TPSA) is 46.6 Å². The van der Waals surface area contributed by atoms with E-state index in [1.807, 2.05) is 53.6 Å². The van der Waals surface area contributed by atoms with Crippen LogP contribution in [-0.4, -0.2) is 36.5 Å². The molecule has 0 aliphatic carbocycles. The lowest BCUT2D eigenvalue weighted by Crippen LogP contribution is -2.31. The van der Waals surface area contributed by atoms with Gasteiger partial charge in [0.05, 0.1) is 17.4 Å². The van der Waals surface area contributed by atoms with E-state index in [1.54, 1.807) is 0 Å². The fraction of sp³-hybridized carbons (Fsp3) is 0.400. The zero-order valence-electron chi connectivity index (χ0n) is 14.4. The normalized spacial score (nSPS) is 17.8. The first-order chi connectivity index (χ1) is 12.2. The van der Waals surface area contributed by atoms with Gasteiger partial charge in [-0.2, -0.15) is 0 Å². The van der Waals surface area contributed by atoms with Gasteiger partial charge in [-0.1, -0.05) is 30.3 Å². The van der Waals surface area contributed by atoms with E-state index in [0.717, 1.165) is 28.8 Å². The Morgan fingerprint density at radius 3 is 2.72 bits per heavy atom. The predicted octanol–water partition coefficient (Wildman–Crippen LogP) is 4.22. The molecule has 0 radical (unpaired) electrons. The molecule has 2 heterocycles. The highest BCUT2D eigenvalue weighted by Gasteiger charge is 2.27. The number of thiophene rings is 1. The van der Waals surface area contributed by atoms with Crippen molar-refractivity contribution in [2.75, 3.05) is 19.7 Å². The molecule has 1 unspecified atom stereocenters. The van der Waals surface area contributed by atoms with Crippen LogP contribution < -0.4 is 0 Å². The van der Waals surface area contributed by atoms with Gasteiger partial charge in [-0.15, -0.1) is 11.3 Å². The molecule has 1 aromatic heterocycles. The molecule has 4 nitrogen and oxygen atoms in total. The molecule has 3 rings (SSSR count). The molecular formula is C20H23NO3S. The summed E-state index contributed by atoms with van der Waals surface area (Å²) >= 11 is 1.49. The molecule has 0 N–H and O–H groups in total. The number of nitrogens with zero attached hydrogens (tertiary/aromatic N) is 1. The summed E-state index contributed by atoms with van der Waals surface area (Å²) < 4.78 is 5.13. The first-order valence-corrected chi connectivity index (χ1v) is 9.67. The van der Waals surface area contributed by atoms with Crippen LogP contribution in [0.1, 0.15) is 35.9 Å². The number of likely N-dealkylation sites (tertiary alicyclic amines) is 1. The van der Waals surface area contributed by atoms with E-state index in [2.05, 4.69) is 0 Å². The summed E-state index contributed by atoms with van der Waals surface area (Å²) in [4.78, 5) is 27.4. The molecule has 2 aromatic rings. The zero-order valence-corrected chi connectivity index (χ0v) is 15.3. The molecule has 0 bridgehead atoms. The molecule has 1 aromatic carbocycles. The molecule has 0 saturated carbocycles. The lowest BCUT2D eigenvalue weighted by Gasteiger charge is -2.19. The summed E-state index contributed by atoms with van der Waals surface area (Å²) in [5, 5.41) is 2.03. The first kappa shape index (κ1) is 17.7. The van der Waals surface area contributed by atoms with Gasteiger partial charge in [0, 0.05) is 13.1 Å². The average Bonchev–Trinajstić information content (AvgIpc) is 3.00. The molecular weight excluding hydrogens is 334 g/mol. The van der Waals surface area contributed by atoms with Crippen LogP contribution in [0.2, 0.25) is 0 Å². The van der Waals surface area contributed by atoms with Crippen molar-refractivity contribution in [3.8, 4) is 11.1 Å². The van der Waals surface area contributed by atoms with Crippen molar-refractivity contribution >= 4 is 23.2 Å². The van der Waals surface area contributed by atoms with Crippen LogP contribution in [0.5, 0.6) is 0 Å². The summed E-state index contributed by atoms with van der Waals surface area (Å²) in [6.45, 7) is 3.55. The Bertz CT molecular complexity index is 726. The Labute approximate surface area is 152 Å². The van der Waals surface area contributed by atoms with Crippen molar-refractivity contribution in [2.24, 2.45) is 5.92 Å². The van der Waals surface area contributed by atoms with Gasteiger partial charge in [-0.25, -0.2) is 0 Å². The Hall–Kier alpha value is -2.14. The third kappa shape index (κ3) is 4.28. The molecule has 5 heteroatoms. The second-order valence-electron chi connectivity index (χ2n) is 6.24. The maximum Gasteiger partial charge on any atom is 0.308 e. The number of benzene rings is 1. The molecule has 0 spiro atoms. The van der Waals surface area contributed by atoms with Gasteiger partial charge in [-0.3, -0.25) is 9.59 Å². The van der Waals surface area contributed by atoms with Gasteiger partial charge >= 0.3 is 5.97 Å². The van der Waals surface area contributed by atoms with E-state index in [1.165, 1.54) is 11.3 Å². The van der Waals surface area contributed by atoms with Crippen LogP contribution in [0, 0.1) is 5.92 Å². The summed E-state index contributed by atoms with van der Waals surface area (Å²) in [7, 11) is 0. The van der Waals surface area contributed by atoms with E-state index < -0.39 is 0 Å². The van der Waals surface area contributed by atoms with Crippen molar-refractivity contribution in [1.29, 1.82) is 0 Å². The van der Waals surface area contributed by atoms with Crippen molar-refractivity contribution < 1.29 is 14.3 Å². The van der Waals surface area contributed by atoms with E-state index in [-0.39, 0.29) is 17.8 Å². The number of hydrogen-bond acceptors (Lipinski definition) is 4. The molecule has 1 saturated heterocycles. The smallest absolute Gasteiger partial charge is 0.308 e. The standard InChI is InChI=1S/C20H23NO3S/c1-2-24-20(23)16-9-6-11-21(12-10-16)19(22)18-13-17(14-25-18)15-7-4-3-5-8-15/h3-5,7-8,13-14,16H,2,6,9-12H2,1H3. The molecule has 1 aliphatic rings.